The van der Waals surface area contributed by atoms with Crippen molar-refractivity contribution in [1.29, 1.82) is 0 Å². The van der Waals surface area contributed by atoms with Crippen LogP contribution in [0.1, 0.15) is 50.4 Å². The Balaban J connectivity index is 1.50. The monoisotopic (exact) mass is 468 g/mol. The SMILES string of the molecule is CN(CCCn1nc(CN(C)c2ccc(F)cc2)n(C2CCCCC2)c1=S)c1ccncc1. The molecule has 0 amide bonds. The molecule has 4 rings (SSSR count). The standard InChI is InChI=1S/C25H33FN6S/c1-29(22-13-15-27-16-14-22)17-6-18-31-25(33)32(23-7-4-3-5-8-23)24(28-31)19-30(2)21-11-9-20(26)10-12-21/h9-16,23H,3-8,17-19H2,1-2H3. The summed E-state index contributed by atoms with van der Waals surface area (Å²) in [6, 6.07) is 11.1. The summed E-state index contributed by atoms with van der Waals surface area (Å²) in [7, 11) is 4.11. The van der Waals surface area contributed by atoms with Crippen LogP contribution in [0.5, 0.6) is 0 Å². The highest BCUT2D eigenvalue weighted by molar-refractivity contribution is 7.71. The Morgan fingerprint density at radius 3 is 2.33 bits per heavy atom. The highest BCUT2D eigenvalue weighted by Crippen LogP contribution is 2.30. The zero-order valence-corrected chi connectivity index (χ0v) is 20.3. The van der Waals surface area contributed by atoms with Crippen LogP contribution in [0.3, 0.4) is 0 Å². The van der Waals surface area contributed by atoms with E-state index in [2.05, 4.69) is 26.4 Å². The van der Waals surface area contributed by atoms with Crippen molar-refractivity contribution in [3.63, 3.8) is 0 Å². The van der Waals surface area contributed by atoms with Crippen molar-refractivity contribution in [3.8, 4) is 0 Å². The second-order valence-corrected chi connectivity index (χ2v) is 9.26. The van der Waals surface area contributed by atoms with E-state index in [1.165, 1.54) is 31.4 Å². The van der Waals surface area contributed by atoms with Gasteiger partial charge in [0.15, 0.2) is 10.6 Å². The molecule has 8 heteroatoms. The van der Waals surface area contributed by atoms with Gasteiger partial charge in [0, 0.05) is 57.0 Å². The van der Waals surface area contributed by atoms with Gasteiger partial charge in [-0.25, -0.2) is 9.07 Å². The van der Waals surface area contributed by atoms with E-state index in [0.717, 1.165) is 54.3 Å². The van der Waals surface area contributed by atoms with Crippen LogP contribution in [0, 0.1) is 10.6 Å². The second kappa shape index (κ2) is 10.9. The summed E-state index contributed by atoms with van der Waals surface area (Å²) in [4.78, 5) is 8.43. The maximum Gasteiger partial charge on any atom is 0.198 e. The molecule has 0 unspecified atom stereocenters. The lowest BCUT2D eigenvalue weighted by Crippen LogP contribution is -2.22. The predicted octanol–water partition coefficient (Wildman–Crippen LogP) is 5.62. The molecular weight excluding hydrogens is 435 g/mol. The minimum atomic E-state index is -0.224. The first-order chi connectivity index (χ1) is 16.0. The predicted molar refractivity (Wildman–Crippen MR) is 134 cm³/mol. The average molecular weight is 469 g/mol. The van der Waals surface area contributed by atoms with E-state index in [1.54, 1.807) is 12.1 Å². The van der Waals surface area contributed by atoms with Crippen molar-refractivity contribution in [2.45, 2.75) is 57.7 Å². The fourth-order valence-electron chi connectivity index (χ4n) is 4.61. The number of aryl methyl sites for hydroxylation is 1. The van der Waals surface area contributed by atoms with Gasteiger partial charge in [-0.2, -0.15) is 5.10 Å². The molecule has 0 N–H and O–H groups in total. The van der Waals surface area contributed by atoms with Gasteiger partial charge in [-0.15, -0.1) is 0 Å². The Morgan fingerprint density at radius 2 is 1.64 bits per heavy atom. The first-order valence-corrected chi connectivity index (χ1v) is 12.2. The van der Waals surface area contributed by atoms with Crippen LogP contribution >= 0.6 is 12.2 Å². The van der Waals surface area contributed by atoms with Crippen molar-refractivity contribution < 1.29 is 4.39 Å². The number of hydrogen-bond donors (Lipinski definition) is 0. The molecule has 1 aromatic carbocycles. The number of rotatable bonds is 9. The number of hydrogen-bond acceptors (Lipinski definition) is 5. The lowest BCUT2D eigenvalue weighted by molar-refractivity contribution is 0.341. The minimum Gasteiger partial charge on any atom is -0.374 e. The molecule has 1 fully saturated rings. The van der Waals surface area contributed by atoms with Gasteiger partial charge in [-0.05, 0) is 67.9 Å². The molecule has 0 spiro atoms. The lowest BCUT2D eigenvalue weighted by atomic mass is 9.95. The topological polar surface area (TPSA) is 42.1 Å². The first-order valence-electron chi connectivity index (χ1n) is 11.8. The van der Waals surface area contributed by atoms with Gasteiger partial charge in [0.25, 0.3) is 0 Å². The highest BCUT2D eigenvalue weighted by Gasteiger charge is 2.22. The van der Waals surface area contributed by atoms with Crippen LogP contribution in [-0.4, -0.2) is 40.0 Å². The molecule has 176 valence electrons. The summed E-state index contributed by atoms with van der Waals surface area (Å²) in [5, 5.41) is 4.97. The molecule has 6 nitrogen and oxygen atoms in total. The Bertz CT molecular complexity index is 1070. The van der Waals surface area contributed by atoms with Gasteiger partial charge < -0.3 is 9.80 Å². The molecule has 0 radical (unpaired) electrons. The third-order valence-corrected chi connectivity index (χ3v) is 6.90. The third-order valence-electron chi connectivity index (χ3n) is 6.49. The summed E-state index contributed by atoms with van der Waals surface area (Å²) in [6.45, 7) is 2.32. The van der Waals surface area contributed by atoms with Crippen LogP contribution < -0.4 is 9.80 Å². The molecule has 2 heterocycles. The summed E-state index contributed by atoms with van der Waals surface area (Å²) in [5.41, 5.74) is 2.12. The smallest absolute Gasteiger partial charge is 0.198 e. The zero-order valence-electron chi connectivity index (χ0n) is 19.5. The molecule has 0 bridgehead atoms. The quantitative estimate of drug-likeness (QED) is 0.382. The van der Waals surface area contributed by atoms with E-state index in [0.29, 0.717) is 12.6 Å². The Hall–Kier alpha value is -2.74. The Morgan fingerprint density at radius 1 is 0.970 bits per heavy atom. The van der Waals surface area contributed by atoms with Gasteiger partial charge >= 0.3 is 0 Å². The second-order valence-electron chi connectivity index (χ2n) is 8.90. The molecule has 1 aliphatic rings. The summed E-state index contributed by atoms with van der Waals surface area (Å²) in [5.74, 6) is 0.763. The summed E-state index contributed by atoms with van der Waals surface area (Å²) in [6.07, 6.45) is 10.7. The molecule has 3 aromatic rings. The van der Waals surface area contributed by atoms with Crippen molar-refractivity contribution in [2.75, 3.05) is 30.4 Å². The summed E-state index contributed by atoms with van der Waals surface area (Å²) >= 11 is 5.93. The molecule has 0 saturated heterocycles. The number of anilines is 2. The summed E-state index contributed by atoms with van der Waals surface area (Å²) < 4.78 is 18.5. The van der Waals surface area contributed by atoms with Gasteiger partial charge in [0.05, 0.1) is 6.54 Å². The Labute approximate surface area is 200 Å². The van der Waals surface area contributed by atoms with Crippen LogP contribution in [0.2, 0.25) is 0 Å². The van der Waals surface area contributed by atoms with Crippen LogP contribution in [-0.2, 0) is 13.1 Å². The molecular formula is C25H33FN6S. The van der Waals surface area contributed by atoms with Crippen molar-refractivity contribution in [2.24, 2.45) is 0 Å². The molecule has 1 aliphatic carbocycles. The van der Waals surface area contributed by atoms with Crippen molar-refractivity contribution in [3.05, 3.63) is 65.2 Å². The molecule has 1 saturated carbocycles. The van der Waals surface area contributed by atoms with E-state index in [-0.39, 0.29) is 5.82 Å². The van der Waals surface area contributed by atoms with E-state index >= 15 is 0 Å². The molecule has 2 aromatic heterocycles. The fourth-order valence-corrected chi connectivity index (χ4v) is 5.00. The van der Waals surface area contributed by atoms with Crippen LogP contribution in [0.4, 0.5) is 15.8 Å². The Kier molecular flexibility index (Phi) is 7.75. The third kappa shape index (κ3) is 5.79. The lowest BCUT2D eigenvalue weighted by Gasteiger charge is -2.26. The fraction of sp³-hybridized carbons (Fsp3) is 0.480. The van der Waals surface area contributed by atoms with Gasteiger partial charge in [0.1, 0.15) is 5.82 Å². The van der Waals surface area contributed by atoms with Gasteiger partial charge in [-0.3, -0.25) is 9.55 Å². The first kappa shape index (κ1) is 23.4. The van der Waals surface area contributed by atoms with Crippen molar-refractivity contribution in [1.82, 2.24) is 19.3 Å². The van der Waals surface area contributed by atoms with Gasteiger partial charge in [-0.1, -0.05) is 19.3 Å². The molecule has 0 atom stereocenters. The van der Waals surface area contributed by atoms with Gasteiger partial charge in [0.2, 0.25) is 0 Å². The van der Waals surface area contributed by atoms with E-state index in [1.807, 2.05) is 36.3 Å². The van der Waals surface area contributed by atoms with Crippen LogP contribution in [0.25, 0.3) is 0 Å². The number of aromatic nitrogens is 4. The molecule has 0 aliphatic heterocycles. The van der Waals surface area contributed by atoms with E-state index < -0.39 is 0 Å². The average Bonchev–Trinajstić information content (AvgIpc) is 3.15. The minimum absolute atomic E-state index is 0.224. The maximum absolute atomic E-state index is 13.4. The largest absolute Gasteiger partial charge is 0.374 e. The normalized spacial score (nSPS) is 14.4. The number of halogens is 1. The maximum atomic E-state index is 13.4. The molecule has 33 heavy (non-hydrogen) atoms. The highest BCUT2D eigenvalue weighted by atomic mass is 32.1. The van der Waals surface area contributed by atoms with E-state index in [4.69, 9.17) is 17.3 Å². The number of pyridine rings is 1. The van der Waals surface area contributed by atoms with E-state index in [9.17, 15) is 4.39 Å². The van der Waals surface area contributed by atoms with Crippen molar-refractivity contribution >= 4 is 23.6 Å². The van der Waals surface area contributed by atoms with Crippen LogP contribution in [0.15, 0.2) is 48.8 Å². The number of nitrogens with zero attached hydrogens (tertiary/aromatic N) is 6. The zero-order chi connectivity index (χ0) is 23.2. The number of benzene rings is 1.